The Kier molecular flexibility index (Phi) is 1.83. The zero-order valence-electron chi connectivity index (χ0n) is 7.98. The molecule has 0 aromatic carbocycles. The molecule has 0 fully saturated rings. The zero-order valence-corrected chi connectivity index (χ0v) is 7.98. The molecule has 0 saturated heterocycles. The third kappa shape index (κ3) is 1.28. The van der Waals surface area contributed by atoms with Gasteiger partial charge in [0.2, 0.25) is 5.95 Å². The van der Waals surface area contributed by atoms with Crippen LogP contribution >= 0.6 is 0 Å². The van der Waals surface area contributed by atoms with Gasteiger partial charge in [0, 0.05) is 0 Å². The first-order valence-corrected chi connectivity index (χ1v) is 4.39. The zero-order chi connectivity index (χ0) is 10.3. The average molecular weight is 193 g/mol. The van der Waals surface area contributed by atoms with E-state index < -0.39 is 0 Å². The molecule has 2 unspecified atom stereocenters. The molecule has 2 rings (SSSR count). The molecule has 3 N–H and O–H groups in total. The lowest BCUT2D eigenvalue weighted by Crippen LogP contribution is -2.49. The van der Waals surface area contributed by atoms with Crippen molar-refractivity contribution < 1.29 is 0 Å². The summed E-state index contributed by atoms with van der Waals surface area (Å²) in [6.07, 6.45) is 0. The van der Waals surface area contributed by atoms with Gasteiger partial charge in [-0.1, -0.05) is 0 Å². The van der Waals surface area contributed by atoms with Gasteiger partial charge in [-0.05, 0) is 13.8 Å². The number of nitrogens with two attached hydrogens (primary N) is 1. The topological polar surface area (TPSA) is 96.5 Å². The molecule has 0 radical (unpaired) electrons. The maximum atomic E-state index is 11.4. The van der Waals surface area contributed by atoms with Gasteiger partial charge in [0.05, 0.1) is 12.1 Å². The van der Waals surface area contributed by atoms with Gasteiger partial charge in [0.25, 0.3) is 5.56 Å². The van der Waals surface area contributed by atoms with Gasteiger partial charge in [-0.3, -0.25) is 19.8 Å². The first-order chi connectivity index (χ1) is 6.58. The summed E-state index contributed by atoms with van der Waals surface area (Å²) in [6, 6.07) is 0.0465. The molecule has 0 amide bonds. The number of nitrogens with zero attached hydrogens (tertiary/aromatic N) is 3. The van der Waals surface area contributed by atoms with Crippen molar-refractivity contribution in [1.29, 1.82) is 0 Å². The van der Waals surface area contributed by atoms with Crippen molar-refractivity contribution in [3.8, 4) is 0 Å². The summed E-state index contributed by atoms with van der Waals surface area (Å²) in [7, 11) is 0. The summed E-state index contributed by atoms with van der Waals surface area (Å²) in [5, 5.41) is 0.282. The summed E-state index contributed by atoms with van der Waals surface area (Å²) < 4.78 is 0. The largest absolute Gasteiger partial charge is 0.369 e. The molecule has 0 spiro atoms. The van der Waals surface area contributed by atoms with E-state index >= 15 is 0 Å². The van der Waals surface area contributed by atoms with Gasteiger partial charge in [0.1, 0.15) is 0 Å². The van der Waals surface area contributed by atoms with Crippen LogP contribution in [0.2, 0.25) is 0 Å². The molecular formula is C8H11N5O. The van der Waals surface area contributed by atoms with Crippen molar-refractivity contribution in [2.75, 3.05) is 5.73 Å². The van der Waals surface area contributed by atoms with Crippen molar-refractivity contribution in [3.05, 3.63) is 21.2 Å². The standard InChI is InChI=1S/C8H11N5O/c1-3-4(2)11-6-5(10-3)7(14)13-8(9)12-6/h3-4H,1-2H3,(H3,9,11,12,13,14). The second-order valence-corrected chi connectivity index (χ2v) is 3.36. The van der Waals surface area contributed by atoms with E-state index in [-0.39, 0.29) is 28.9 Å². The van der Waals surface area contributed by atoms with Crippen molar-refractivity contribution in [3.63, 3.8) is 0 Å². The van der Waals surface area contributed by atoms with Crippen LogP contribution in [0.1, 0.15) is 13.8 Å². The summed E-state index contributed by atoms with van der Waals surface area (Å²) in [5.41, 5.74) is 5.41. The van der Waals surface area contributed by atoms with Crippen molar-refractivity contribution in [2.45, 2.75) is 25.9 Å². The number of hydrogen-bond donors (Lipinski definition) is 2. The molecule has 1 aliphatic heterocycles. The molecule has 1 aromatic rings. The van der Waals surface area contributed by atoms with Gasteiger partial charge in [0.15, 0.2) is 10.8 Å². The molecule has 0 saturated carbocycles. The monoisotopic (exact) mass is 193 g/mol. The minimum atomic E-state index is -0.324. The lowest BCUT2D eigenvalue weighted by molar-refractivity contribution is 0.552. The van der Waals surface area contributed by atoms with E-state index in [0.29, 0.717) is 5.49 Å². The maximum Gasteiger partial charge on any atom is 0.280 e. The lowest BCUT2D eigenvalue weighted by Gasteiger charge is -2.13. The van der Waals surface area contributed by atoms with E-state index in [1.54, 1.807) is 0 Å². The highest BCUT2D eigenvalue weighted by atomic mass is 16.1. The molecule has 1 aromatic heterocycles. The molecule has 2 heterocycles. The minimum Gasteiger partial charge on any atom is -0.369 e. The highest BCUT2D eigenvalue weighted by Crippen LogP contribution is 2.01. The second kappa shape index (κ2) is 2.90. The van der Waals surface area contributed by atoms with Crippen LogP contribution in [0.4, 0.5) is 5.95 Å². The van der Waals surface area contributed by atoms with E-state index in [0.717, 1.165) is 0 Å². The summed E-state index contributed by atoms with van der Waals surface area (Å²) >= 11 is 0. The molecule has 0 aliphatic carbocycles. The van der Waals surface area contributed by atoms with Crippen LogP contribution in [-0.2, 0) is 0 Å². The van der Waals surface area contributed by atoms with Crippen LogP contribution in [0.3, 0.4) is 0 Å². The van der Waals surface area contributed by atoms with Crippen LogP contribution in [0, 0.1) is 0 Å². The quantitative estimate of drug-likeness (QED) is 0.518. The fourth-order valence-corrected chi connectivity index (χ4v) is 1.29. The Bertz CT molecular complexity index is 532. The third-order valence-corrected chi connectivity index (χ3v) is 2.25. The Hall–Kier alpha value is -1.72. The maximum absolute atomic E-state index is 11.4. The van der Waals surface area contributed by atoms with Crippen LogP contribution in [0.25, 0.3) is 0 Å². The number of hydrogen-bond acceptors (Lipinski definition) is 5. The number of fused-ring (bicyclic) bond motifs is 1. The van der Waals surface area contributed by atoms with Crippen molar-refractivity contribution in [2.24, 2.45) is 9.98 Å². The molecular weight excluding hydrogens is 182 g/mol. The second-order valence-electron chi connectivity index (χ2n) is 3.36. The van der Waals surface area contributed by atoms with E-state index in [1.165, 1.54) is 0 Å². The van der Waals surface area contributed by atoms with Gasteiger partial charge < -0.3 is 5.73 Å². The molecule has 74 valence electrons. The van der Waals surface area contributed by atoms with Crippen LogP contribution in [0.5, 0.6) is 0 Å². The van der Waals surface area contributed by atoms with Gasteiger partial charge in [-0.25, -0.2) is 0 Å². The molecule has 2 atom stereocenters. The fraction of sp³-hybridized carbons (Fsp3) is 0.500. The number of aromatic amines is 1. The Labute approximate surface area is 79.6 Å². The smallest absolute Gasteiger partial charge is 0.280 e. The number of anilines is 1. The molecule has 1 aliphatic rings. The predicted molar refractivity (Wildman–Crippen MR) is 50.5 cm³/mol. The first kappa shape index (κ1) is 8.86. The normalized spacial score (nSPS) is 24.7. The number of rotatable bonds is 0. The molecule has 0 bridgehead atoms. The average Bonchev–Trinajstić information content (AvgIpc) is 2.08. The summed E-state index contributed by atoms with van der Waals surface area (Å²) in [4.78, 5) is 26.2. The third-order valence-electron chi connectivity index (χ3n) is 2.25. The minimum absolute atomic E-state index is 0.00836. The summed E-state index contributed by atoms with van der Waals surface area (Å²) in [5.74, 6) is 0.0782. The highest BCUT2D eigenvalue weighted by Gasteiger charge is 2.15. The number of aromatic nitrogens is 2. The van der Waals surface area contributed by atoms with Crippen LogP contribution in [-0.4, -0.2) is 22.1 Å². The van der Waals surface area contributed by atoms with Gasteiger partial charge in [-0.2, -0.15) is 4.98 Å². The summed E-state index contributed by atoms with van der Waals surface area (Å²) in [6.45, 7) is 3.84. The van der Waals surface area contributed by atoms with E-state index in [4.69, 9.17) is 5.73 Å². The molecule has 6 heteroatoms. The van der Waals surface area contributed by atoms with E-state index in [2.05, 4.69) is 20.0 Å². The van der Waals surface area contributed by atoms with Crippen LogP contribution < -0.4 is 22.1 Å². The Morgan fingerprint density at radius 1 is 1.29 bits per heavy atom. The van der Waals surface area contributed by atoms with Crippen LogP contribution in [0.15, 0.2) is 14.8 Å². The predicted octanol–water partition coefficient (Wildman–Crippen LogP) is -1.62. The molecule has 14 heavy (non-hydrogen) atoms. The Morgan fingerprint density at radius 2 is 1.93 bits per heavy atom. The SMILES string of the molecule is CC1N=c2nc(N)[nH]c(=O)c2=NC1C. The van der Waals surface area contributed by atoms with Gasteiger partial charge >= 0.3 is 0 Å². The van der Waals surface area contributed by atoms with Crippen molar-refractivity contribution in [1.82, 2.24) is 9.97 Å². The lowest BCUT2D eigenvalue weighted by atomic mass is 10.2. The Balaban J connectivity index is 2.86. The van der Waals surface area contributed by atoms with Gasteiger partial charge in [-0.15, -0.1) is 0 Å². The van der Waals surface area contributed by atoms with Crippen molar-refractivity contribution >= 4 is 5.95 Å². The number of nitrogens with one attached hydrogen (secondary N) is 1. The van der Waals surface area contributed by atoms with E-state index in [9.17, 15) is 4.79 Å². The fourth-order valence-electron chi connectivity index (χ4n) is 1.29. The number of H-pyrrole nitrogens is 1. The highest BCUT2D eigenvalue weighted by molar-refractivity contribution is 5.12. The molecule has 6 nitrogen and oxygen atoms in total. The van der Waals surface area contributed by atoms with E-state index in [1.807, 2.05) is 13.8 Å². The Morgan fingerprint density at radius 3 is 2.64 bits per heavy atom. The number of nitrogen functional groups attached to an aromatic ring is 1. The first-order valence-electron chi connectivity index (χ1n) is 4.39.